The molecule has 0 N–H and O–H groups in total. The van der Waals surface area contributed by atoms with Crippen molar-refractivity contribution in [2.45, 2.75) is 19.5 Å². The van der Waals surface area contributed by atoms with Crippen molar-refractivity contribution in [1.29, 1.82) is 0 Å². The summed E-state index contributed by atoms with van der Waals surface area (Å²) < 4.78 is 38.3. The maximum absolute atomic E-state index is 12.8. The molecule has 0 nitrogen and oxygen atoms in total. The number of rotatable bonds is 1. The zero-order chi connectivity index (χ0) is 11.8. The second kappa shape index (κ2) is 3.81. The molecular formula is C13H11F3. The Balaban J connectivity index is 2.78. The molecule has 2 aromatic carbocycles. The van der Waals surface area contributed by atoms with Gasteiger partial charge in [-0.25, -0.2) is 0 Å². The van der Waals surface area contributed by atoms with Crippen molar-refractivity contribution in [2.24, 2.45) is 0 Å². The molecule has 0 radical (unpaired) electrons. The minimum absolute atomic E-state index is 0.380. The molecule has 0 unspecified atom stereocenters. The fourth-order valence-corrected chi connectivity index (χ4v) is 1.98. The van der Waals surface area contributed by atoms with Gasteiger partial charge in [0.15, 0.2) is 0 Å². The van der Waals surface area contributed by atoms with Crippen molar-refractivity contribution in [3.05, 3.63) is 47.5 Å². The van der Waals surface area contributed by atoms with Crippen LogP contribution in [-0.2, 0) is 12.6 Å². The molecule has 0 aliphatic heterocycles. The van der Waals surface area contributed by atoms with Crippen molar-refractivity contribution in [3.8, 4) is 0 Å². The van der Waals surface area contributed by atoms with Crippen LogP contribution in [0.1, 0.15) is 18.1 Å². The van der Waals surface area contributed by atoms with E-state index in [2.05, 4.69) is 0 Å². The molecule has 0 bridgehead atoms. The summed E-state index contributed by atoms with van der Waals surface area (Å²) >= 11 is 0. The first-order chi connectivity index (χ1) is 7.54. The lowest BCUT2D eigenvalue weighted by Gasteiger charge is -2.14. The Morgan fingerprint density at radius 3 is 2.31 bits per heavy atom. The fourth-order valence-electron chi connectivity index (χ4n) is 1.98. The lowest BCUT2D eigenvalue weighted by atomic mass is 9.97. The molecule has 0 fully saturated rings. The first-order valence-electron chi connectivity index (χ1n) is 5.12. The molecule has 0 saturated heterocycles. The van der Waals surface area contributed by atoms with Crippen LogP contribution >= 0.6 is 0 Å². The summed E-state index contributed by atoms with van der Waals surface area (Å²) in [6, 6.07) is 9.85. The standard InChI is InChI=1S/C13H11F3/c1-2-10-11-6-4-3-5-9(11)7-8-12(10)13(14,15)16/h3-8H,2H2,1H3. The summed E-state index contributed by atoms with van der Waals surface area (Å²) in [5.41, 5.74) is -0.140. The molecule has 0 amide bonds. The first kappa shape index (κ1) is 11.0. The molecule has 2 aromatic rings. The van der Waals surface area contributed by atoms with Gasteiger partial charge in [0, 0.05) is 0 Å². The van der Waals surface area contributed by atoms with Crippen LogP contribution in [-0.4, -0.2) is 0 Å². The third kappa shape index (κ3) is 1.77. The van der Waals surface area contributed by atoms with Crippen LogP contribution in [0.2, 0.25) is 0 Å². The quantitative estimate of drug-likeness (QED) is 0.672. The molecule has 0 aromatic heterocycles. The summed E-state index contributed by atoms with van der Waals surface area (Å²) in [7, 11) is 0. The van der Waals surface area contributed by atoms with Gasteiger partial charge in [-0.05, 0) is 28.8 Å². The monoisotopic (exact) mass is 224 g/mol. The Labute approximate surface area is 91.7 Å². The second-order valence-corrected chi connectivity index (χ2v) is 3.66. The number of alkyl halides is 3. The molecule has 0 atom stereocenters. The van der Waals surface area contributed by atoms with E-state index in [0.717, 1.165) is 5.39 Å². The van der Waals surface area contributed by atoms with Crippen LogP contribution in [0.15, 0.2) is 36.4 Å². The Hall–Kier alpha value is -1.51. The molecule has 16 heavy (non-hydrogen) atoms. The van der Waals surface area contributed by atoms with Crippen LogP contribution in [0.3, 0.4) is 0 Å². The van der Waals surface area contributed by atoms with Crippen LogP contribution < -0.4 is 0 Å². The third-order valence-corrected chi connectivity index (χ3v) is 2.70. The maximum Gasteiger partial charge on any atom is 0.416 e. The molecule has 0 aliphatic rings. The van der Waals surface area contributed by atoms with Gasteiger partial charge in [0.25, 0.3) is 0 Å². The Morgan fingerprint density at radius 1 is 1.00 bits per heavy atom. The van der Waals surface area contributed by atoms with Crippen molar-refractivity contribution in [2.75, 3.05) is 0 Å². The van der Waals surface area contributed by atoms with E-state index in [4.69, 9.17) is 0 Å². The van der Waals surface area contributed by atoms with E-state index in [1.165, 1.54) is 12.1 Å². The first-order valence-corrected chi connectivity index (χ1v) is 5.12. The summed E-state index contributed by atoms with van der Waals surface area (Å²) in [5.74, 6) is 0. The molecular weight excluding hydrogens is 213 g/mol. The molecule has 3 heteroatoms. The zero-order valence-corrected chi connectivity index (χ0v) is 8.81. The van der Waals surface area contributed by atoms with E-state index < -0.39 is 11.7 Å². The molecule has 0 aliphatic carbocycles. The average Bonchev–Trinajstić information content (AvgIpc) is 2.26. The van der Waals surface area contributed by atoms with Gasteiger partial charge in [-0.2, -0.15) is 13.2 Å². The number of benzene rings is 2. The topological polar surface area (TPSA) is 0 Å². The van der Waals surface area contributed by atoms with Crippen molar-refractivity contribution < 1.29 is 13.2 Å². The number of halogens is 3. The highest BCUT2D eigenvalue weighted by molar-refractivity contribution is 5.86. The third-order valence-electron chi connectivity index (χ3n) is 2.70. The van der Waals surface area contributed by atoms with E-state index in [9.17, 15) is 13.2 Å². The van der Waals surface area contributed by atoms with E-state index in [1.54, 1.807) is 19.1 Å². The normalized spacial score (nSPS) is 12.0. The SMILES string of the molecule is CCc1c(C(F)(F)F)ccc2ccccc12. The predicted molar refractivity (Wildman–Crippen MR) is 58.3 cm³/mol. The smallest absolute Gasteiger partial charge is 0.166 e. The van der Waals surface area contributed by atoms with Crippen LogP contribution in [0.5, 0.6) is 0 Å². The Morgan fingerprint density at radius 2 is 1.69 bits per heavy atom. The van der Waals surface area contributed by atoms with Crippen LogP contribution in [0.25, 0.3) is 10.8 Å². The van der Waals surface area contributed by atoms with Gasteiger partial charge in [-0.15, -0.1) is 0 Å². The van der Waals surface area contributed by atoms with Crippen molar-refractivity contribution >= 4 is 10.8 Å². The molecule has 0 heterocycles. The molecule has 0 saturated carbocycles. The Kier molecular flexibility index (Phi) is 2.62. The van der Waals surface area contributed by atoms with E-state index in [1.807, 2.05) is 12.1 Å². The number of aryl methyl sites for hydroxylation is 1. The zero-order valence-electron chi connectivity index (χ0n) is 8.81. The van der Waals surface area contributed by atoms with Gasteiger partial charge < -0.3 is 0 Å². The molecule has 84 valence electrons. The van der Waals surface area contributed by atoms with Gasteiger partial charge in [-0.1, -0.05) is 37.3 Å². The highest BCUT2D eigenvalue weighted by Gasteiger charge is 2.33. The van der Waals surface area contributed by atoms with Crippen LogP contribution in [0.4, 0.5) is 13.2 Å². The fraction of sp³-hybridized carbons (Fsp3) is 0.231. The number of fused-ring (bicyclic) bond motifs is 1. The summed E-state index contributed by atoms with van der Waals surface area (Å²) in [4.78, 5) is 0. The minimum Gasteiger partial charge on any atom is -0.166 e. The minimum atomic E-state index is -4.27. The molecule has 2 rings (SSSR count). The van der Waals surface area contributed by atoms with Crippen LogP contribution in [0, 0.1) is 0 Å². The van der Waals surface area contributed by atoms with Gasteiger partial charge in [-0.3, -0.25) is 0 Å². The largest absolute Gasteiger partial charge is 0.416 e. The van der Waals surface area contributed by atoms with E-state index in [0.29, 0.717) is 17.4 Å². The van der Waals surface area contributed by atoms with Gasteiger partial charge >= 0.3 is 6.18 Å². The van der Waals surface area contributed by atoms with E-state index in [-0.39, 0.29) is 0 Å². The van der Waals surface area contributed by atoms with Gasteiger partial charge in [0.2, 0.25) is 0 Å². The maximum atomic E-state index is 12.8. The number of hydrogen-bond donors (Lipinski definition) is 0. The molecule has 0 spiro atoms. The summed E-state index contributed by atoms with van der Waals surface area (Å²) in [6.07, 6.45) is -3.88. The second-order valence-electron chi connectivity index (χ2n) is 3.66. The van der Waals surface area contributed by atoms with Crippen molar-refractivity contribution in [1.82, 2.24) is 0 Å². The number of hydrogen-bond acceptors (Lipinski definition) is 0. The van der Waals surface area contributed by atoms with Gasteiger partial charge in [0.1, 0.15) is 0 Å². The predicted octanol–water partition coefficient (Wildman–Crippen LogP) is 4.42. The van der Waals surface area contributed by atoms with Crippen molar-refractivity contribution in [3.63, 3.8) is 0 Å². The van der Waals surface area contributed by atoms with E-state index >= 15 is 0 Å². The summed E-state index contributed by atoms with van der Waals surface area (Å²) in [5, 5.41) is 1.55. The lowest BCUT2D eigenvalue weighted by Crippen LogP contribution is -2.09. The highest BCUT2D eigenvalue weighted by Crippen LogP contribution is 2.35. The lowest BCUT2D eigenvalue weighted by molar-refractivity contribution is -0.138. The summed E-state index contributed by atoms with van der Waals surface area (Å²) in [6.45, 7) is 1.75. The van der Waals surface area contributed by atoms with Gasteiger partial charge in [0.05, 0.1) is 5.56 Å². The highest BCUT2D eigenvalue weighted by atomic mass is 19.4. The Bertz CT molecular complexity index is 512. The average molecular weight is 224 g/mol.